The van der Waals surface area contributed by atoms with Crippen LogP contribution in [0.1, 0.15) is 19.3 Å². The van der Waals surface area contributed by atoms with E-state index in [1.165, 1.54) is 0 Å². The highest BCUT2D eigenvalue weighted by molar-refractivity contribution is 5.74. The molecule has 1 saturated carbocycles. The minimum atomic E-state index is -0.0476. The first kappa shape index (κ1) is 9.32. The van der Waals surface area contributed by atoms with Crippen LogP contribution in [0.2, 0.25) is 0 Å². The van der Waals surface area contributed by atoms with Crippen molar-refractivity contribution in [3.05, 3.63) is 0 Å². The first-order valence-corrected chi connectivity index (χ1v) is 4.36. The average molecular weight is 172 g/mol. The van der Waals surface area contributed by atoms with E-state index < -0.39 is 0 Å². The van der Waals surface area contributed by atoms with Gasteiger partial charge in [0.25, 0.3) is 0 Å². The number of carbonyl (C=O) groups excluding carboxylic acids is 1. The molecule has 0 radical (unpaired) electrons. The summed E-state index contributed by atoms with van der Waals surface area (Å²) in [5, 5.41) is 5.60. The van der Waals surface area contributed by atoms with Crippen LogP contribution >= 0.6 is 0 Å². The van der Waals surface area contributed by atoms with Crippen LogP contribution in [0.3, 0.4) is 0 Å². The number of carbonyl (C=O) groups is 1. The van der Waals surface area contributed by atoms with Crippen LogP contribution in [0, 0.1) is 0 Å². The number of rotatable bonds is 5. The number of hydrogen-bond donors (Lipinski definition) is 2. The minimum Gasteiger partial charge on any atom is -0.385 e. The van der Waals surface area contributed by atoms with Crippen molar-refractivity contribution < 1.29 is 9.53 Å². The van der Waals surface area contributed by atoms with Gasteiger partial charge in [-0.1, -0.05) is 0 Å². The molecule has 0 atom stereocenters. The molecule has 0 aromatic carbocycles. The third-order valence-electron chi connectivity index (χ3n) is 1.72. The molecule has 0 aromatic heterocycles. The lowest BCUT2D eigenvalue weighted by molar-refractivity contribution is 0.193. The Hall–Kier alpha value is -0.770. The Labute approximate surface area is 72.7 Å². The van der Waals surface area contributed by atoms with E-state index in [2.05, 4.69) is 10.6 Å². The third-order valence-corrected chi connectivity index (χ3v) is 1.72. The topological polar surface area (TPSA) is 50.4 Å². The first-order chi connectivity index (χ1) is 5.83. The first-order valence-electron chi connectivity index (χ1n) is 4.36. The van der Waals surface area contributed by atoms with Crippen LogP contribution in [0.15, 0.2) is 0 Å². The maximum Gasteiger partial charge on any atom is 0.315 e. The molecule has 70 valence electrons. The van der Waals surface area contributed by atoms with Gasteiger partial charge in [0.2, 0.25) is 0 Å². The minimum absolute atomic E-state index is 0.0476. The van der Waals surface area contributed by atoms with Gasteiger partial charge in [0.1, 0.15) is 0 Å². The monoisotopic (exact) mass is 172 g/mol. The fourth-order valence-corrected chi connectivity index (χ4v) is 0.883. The van der Waals surface area contributed by atoms with Crippen molar-refractivity contribution in [3.63, 3.8) is 0 Å². The normalized spacial score (nSPS) is 15.8. The van der Waals surface area contributed by atoms with Crippen LogP contribution in [0.4, 0.5) is 4.79 Å². The van der Waals surface area contributed by atoms with Crippen LogP contribution < -0.4 is 10.6 Å². The summed E-state index contributed by atoms with van der Waals surface area (Å²) < 4.78 is 4.85. The predicted molar refractivity (Wildman–Crippen MR) is 46.0 cm³/mol. The van der Waals surface area contributed by atoms with E-state index in [0.29, 0.717) is 19.2 Å². The Morgan fingerprint density at radius 2 is 2.33 bits per heavy atom. The fourth-order valence-electron chi connectivity index (χ4n) is 0.883. The van der Waals surface area contributed by atoms with Gasteiger partial charge < -0.3 is 15.4 Å². The van der Waals surface area contributed by atoms with Gasteiger partial charge in [0.05, 0.1) is 0 Å². The van der Waals surface area contributed by atoms with Gasteiger partial charge in [-0.15, -0.1) is 0 Å². The van der Waals surface area contributed by atoms with E-state index in [4.69, 9.17) is 4.74 Å². The maximum absolute atomic E-state index is 11.0. The van der Waals surface area contributed by atoms with Crippen LogP contribution in [-0.2, 0) is 4.74 Å². The van der Waals surface area contributed by atoms with Crippen molar-refractivity contribution in [2.45, 2.75) is 25.3 Å². The van der Waals surface area contributed by atoms with E-state index in [0.717, 1.165) is 19.3 Å². The Morgan fingerprint density at radius 1 is 1.58 bits per heavy atom. The van der Waals surface area contributed by atoms with Crippen molar-refractivity contribution >= 4 is 6.03 Å². The second-order valence-corrected chi connectivity index (χ2v) is 3.02. The van der Waals surface area contributed by atoms with Crippen molar-refractivity contribution in [3.8, 4) is 0 Å². The average Bonchev–Trinajstić information content (AvgIpc) is 2.82. The predicted octanol–water partition coefficient (Wildman–Crippen LogP) is 0.484. The lowest BCUT2D eigenvalue weighted by Crippen LogP contribution is -2.37. The zero-order valence-corrected chi connectivity index (χ0v) is 7.43. The molecule has 4 nitrogen and oxygen atoms in total. The molecule has 1 rings (SSSR count). The molecule has 0 aliphatic heterocycles. The van der Waals surface area contributed by atoms with Gasteiger partial charge in [0, 0.05) is 26.3 Å². The zero-order valence-electron chi connectivity index (χ0n) is 7.43. The summed E-state index contributed by atoms with van der Waals surface area (Å²) >= 11 is 0. The van der Waals surface area contributed by atoms with E-state index in [9.17, 15) is 4.79 Å². The summed E-state index contributed by atoms with van der Waals surface area (Å²) in [7, 11) is 1.66. The van der Waals surface area contributed by atoms with Crippen molar-refractivity contribution in [1.82, 2.24) is 10.6 Å². The number of amides is 2. The Balaban J connectivity index is 1.87. The van der Waals surface area contributed by atoms with Crippen molar-refractivity contribution in [2.24, 2.45) is 0 Å². The van der Waals surface area contributed by atoms with Crippen LogP contribution in [0.5, 0.6) is 0 Å². The molecule has 0 aromatic rings. The largest absolute Gasteiger partial charge is 0.385 e. The number of urea groups is 1. The maximum atomic E-state index is 11.0. The summed E-state index contributed by atoms with van der Waals surface area (Å²) in [6.45, 7) is 1.39. The lowest BCUT2D eigenvalue weighted by atomic mass is 10.4. The Morgan fingerprint density at radius 3 is 2.92 bits per heavy atom. The Kier molecular flexibility index (Phi) is 3.87. The molecule has 4 heteroatoms. The van der Waals surface area contributed by atoms with Gasteiger partial charge in [-0.3, -0.25) is 0 Å². The van der Waals surface area contributed by atoms with Gasteiger partial charge >= 0.3 is 6.03 Å². The quantitative estimate of drug-likeness (QED) is 0.593. The molecular formula is C8H16N2O2. The van der Waals surface area contributed by atoms with Crippen LogP contribution in [-0.4, -0.2) is 32.3 Å². The highest BCUT2D eigenvalue weighted by Crippen LogP contribution is 2.17. The molecule has 0 saturated heterocycles. The molecule has 0 unspecified atom stereocenters. The molecule has 2 amide bonds. The molecular weight excluding hydrogens is 156 g/mol. The van der Waals surface area contributed by atoms with E-state index in [1.807, 2.05) is 0 Å². The van der Waals surface area contributed by atoms with E-state index >= 15 is 0 Å². The molecule has 2 N–H and O–H groups in total. The third kappa shape index (κ3) is 4.18. The molecule has 0 heterocycles. The fraction of sp³-hybridized carbons (Fsp3) is 0.875. The zero-order chi connectivity index (χ0) is 8.81. The molecule has 12 heavy (non-hydrogen) atoms. The molecule has 0 spiro atoms. The van der Waals surface area contributed by atoms with Gasteiger partial charge in [0.15, 0.2) is 0 Å². The number of nitrogens with one attached hydrogen (secondary N) is 2. The standard InChI is InChI=1S/C8H16N2O2/c1-12-6-2-5-9-8(11)10-7-3-4-7/h7H,2-6H2,1H3,(H2,9,10,11). The van der Waals surface area contributed by atoms with E-state index in [1.54, 1.807) is 7.11 Å². The lowest BCUT2D eigenvalue weighted by Gasteiger charge is -2.05. The summed E-state index contributed by atoms with van der Waals surface area (Å²) in [6, 6.07) is 0.390. The van der Waals surface area contributed by atoms with Gasteiger partial charge in [-0.05, 0) is 19.3 Å². The number of ether oxygens (including phenoxy) is 1. The molecule has 1 fully saturated rings. The second kappa shape index (κ2) is 4.98. The smallest absolute Gasteiger partial charge is 0.315 e. The summed E-state index contributed by atoms with van der Waals surface area (Å²) in [6.07, 6.45) is 3.13. The summed E-state index contributed by atoms with van der Waals surface area (Å²) in [4.78, 5) is 11.0. The van der Waals surface area contributed by atoms with Gasteiger partial charge in [-0.2, -0.15) is 0 Å². The van der Waals surface area contributed by atoms with Crippen molar-refractivity contribution in [2.75, 3.05) is 20.3 Å². The summed E-state index contributed by atoms with van der Waals surface area (Å²) in [5.74, 6) is 0. The molecule has 1 aliphatic carbocycles. The summed E-state index contributed by atoms with van der Waals surface area (Å²) in [5.41, 5.74) is 0. The highest BCUT2D eigenvalue weighted by Gasteiger charge is 2.22. The van der Waals surface area contributed by atoms with Crippen molar-refractivity contribution in [1.29, 1.82) is 0 Å². The highest BCUT2D eigenvalue weighted by atomic mass is 16.5. The number of hydrogen-bond acceptors (Lipinski definition) is 2. The van der Waals surface area contributed by atoms with E-state index in [-0.39, 0.29) is 6.03 Å². The van der Waals surface area contributed by atoms with Crippen LogP contribution in [0.25, 0.3) is 0 Å². The molecule has 1 aliphatic rings. The molecule has 0 bridgehead atoms. The second-order valence-electron chi connectivity index (χ2n) is 3.02. The SMILES string of the molecule is COCCCNC(=O)NC1CC1. The van der Waals surface area contributed by atoms with Gasteiger partial charge in [-0.25, -0.2) is 4.79 Å². The number of methoxy groups -OCH3 is 1. The Bertz CT molecular complexity index is 146.